The summed E-state index contributed by atoms with van der Waals surface area (Å²) in [5.41, 5.74) is 4.59. The zero-order valence-electron chi connectivity index (χ0n) is 22.3. The Hall–Kier alpha value is -4.74. The van der Waals surface area contributed by atoms with Crippen molar-refractivity contribution in [3.8, 4) is 0 Å². The van der Waals surface area contributed by atoms with Gasteiger partial charge >= 0.3 is 5.97 Å². The number of amides is 2. The SMILES string of the molecule is COCCNc1ccc(C(=O)Nc2ccc(C(=O)O)cc2)cc1NC(=O)c1cnc(NC2Cc3ccccc3C2)s1. The second kappa shape index (κ2) is 12.6. The van der Waals surface area contributed by atoms with E-state index < -0.39 is 11.9 Å². The summed E-state index contributed by atoms with van der Waals surface area (Å²) in [4.78, 5) is 42.1. The molecule has 0 saturated heterocycles. The number of methoxy groups -OCH3 is 1. The van der Waals surface area contributed by atoms with Crippen molar-refractivity contribution in [3.63, 3.8) is 0 Å². The molecule has 1 aromatic heterocycles. The van der Waals surface area contributed by atoms with E-state index in [9.17, 15) is 14.4 Å². The van der Waals surface area contributed by atoms with E-state index in [2.05, 4.69) is 38.4 Å². The summed E-state index contributed by atoms with van der Waals surface area (Å²) in [5.74, 6) is -1.80. The molecule has 4 aromatic rings. The van der Waals surface area contributed by atoms with Crippen molar-refractivity contribution in [3.05, 3.63) is 100 Å². The lowest BCUT2D eigenvalue weighted by Gasteiger charge is -2.14. The summed E-state index contributed by atoms with van der Waals surface area (Å²) in [6.07, 6.45) is 3.36. The predicted octanol–water partition coefficient (Wildman–Crippen LogP) is 4.98. The Kier molecular flexibility index (Phi) is 8.56. The summed E-state index contributed by atoms with van der Waals surface area (Å²) in [7, 11) is 1.60. The molecule has 0 radical (unpaired) electrons. The number of hydrogen-bond donors (Lipinski definition) is 5. The molecule has 1 aliphatic rings. The number of thiazole rings is 1. The van der Waals surface area contributed by atoms with Crippen LogP contribution in [0.2, 0.25) is 0 Å². The number of aromatic carboxylic acids is 1. The lowest BCUT2D eigenvalue weighted by atomic mass is 10.1. The van der Waals surface area contributed by atoms with Crippen molar-refractivity contribution in [2.75, 3.05) is 41.5 Å². The number of anilines is 4. The van der Waals surface area contributed by atoms with Crippen molar-refractivity contribution in [2.24, 2.45) is 0 Å². The Morgan fingerprint density at radius 3 is 2.32 bits per heavy atom. The van der Waals surface area contributed by atoms with Gasteiger partial charge in [0, 0.05) is 30.9 Å². The molecule has 10 nitrogen and oxygen atoms in total. The lowest BCUT2D eigenvalue weighted by Crippen LogP contribution is -2.19. The van der Waals surface area contributed by atoms with Gasteiger partial charge in [0.2, 0.25) is 0 Å². The molecule has 3 aromatic carbocycles. The van der Waals surface area contributed by atoms with E-state index in [-0.39, 0.29) is 17.5 Å². The maximum absolute atomic E-state index is 13.2. The average molecular weight is 572 g/mol. The number of benzene rings is 3. The number of carboxylic acid groups (broad SMARTS) is 1. The summed E-state index contributed by atoms with van der Waals surface area (Å²) < 4.78 is 5.12. The van der Waals surface area contributed by atoms with E-state index in [0.717, 1.165) is 12.8 Å². The quantitative estimate of drug-likeness (QED) is 0.159. The van der Waals surface area contributed by atoms with Gasteiger partial charge in [0.05, 0.1) is 29.7 Å². The smallest absolute Gasteiger partial charge is 0.335 e. The number of carbonyl (C=O) groups excluding carboxylic acids is 2. The number of aromatic nitrogens is 1. The second-order valence-corrected chi connectivity index (χ2v) is 10.5. The molecule has 1 aliphatic carbocycles. The van der Waals surface area contributed by atoms with Gasteiger partial charge in [0.25, 0.3) is 11.8 Å². The van der Waals surface area contributed by atoms with Gasteiger partial charge in [-0.15, -0.1) is 0 Å². The van der Waals surface area contributed by atoms with Crippen LogP contribution in [-0.4, -0.2) is 54.2 Å². The van der Waals surface area contributed by atoms with E-state index in [4.69, 9.17) is 9.84 Å². The first-order valence-corrected chi connectivity index (χ1v) is 13.8. The van der Waals surface area contributed by atoms with Gasteiger partial charge in [-0.1, -0.05) is 35.6 Å². The van der Waals surface area contributed by atoms with Crippen LogP contribution in [0, 0.1) is 0 Å². The minimum absolute atomic E-state index is 0.120. The Balaban J connectivity index is 1.28. The summed E-state index contributed by atoms with van der Waals surface area (Å²) in [6, 6.07) is 19.4. The van der Waals surface area contributed by atoms with Gasteiger partial charge in [0.1, 0.15) is 4.88 Å². The van der Waals surface area contributed by atoms with Gasteiger partial charge in [0.15, 0.2) is 5.13 Å². The minimum Gasteiger partial charge on any atom is -0.478 e. The zero-order chi connectivity index (χ0) is 28.8. The molecule has 11 heteroatoms. The molecular weight excluding hydrogens is 542 g/mol. The number of carbonyl (C=O) groups is 3. The number of nitrogens with zero attached hydrogens (tertiary/aromatic N) is 1. The largest absolute Gasteiger partial charge is 0.478 e. The Bertz CT molecular complexity index is 1540. The number of nitrogens with one attached hydrogen (secondary N) is 4. The van der Waals surface area contributed by atoms with Crippen LogP contribution in [0.1, 0.15) is 41.5 Å². The van der Waals surface area contributed by atoms with Crippen molar-refractivity contribution in [1.29, 1.82) is 0 Å². The van der Waals surface area contributed by atoms with Crippen molar-refractivity contribution in [2.45, 2.75) is 18.9 Å². The van der Waals surface area contributed by atoms with E-state index >= 15 is 0 Å². The van der Waals surface area contributed by atoms with Crippen molar-refractivity contribution < 1.29 is 24.2 Å². The highest BCUT2D eigenvalue weighted by atomic mass is 32.1. The van der Waals surface area contributed by atoms with E-state index in [1.165, 1.54) is 46.7 Å². The zero-order valence-corrected chi connectivity index (χ0v) is 23.1. The van der Waals surface area contributed by atoms with Gasteiger partial charge in [-0.05, 0) is 66.4 Å². The van der Waals surface area contributed by atoms with Crippen LogP contribution in [0.15, 0.2) is 72.9 Å². The number of hydrogen-bond acceptors (Lipinski definition) is 8. The second-order valence-electron chi connectivity index (χ2n) is 9.52. The van der Waals surface area contributed by atoms with Gasteiger partial charge in [-0.25, -0.2) is 9.78 Å². The maximum Gasteiger partial charge on any atom is 0.335 e. The Morgan fingerprint density at radius 1 is 0.927 bits per heavy atom. The lowest BCUT2D eigenvalue weighted by molar-refractivity contribution is 0.0696. The molecule has 5 N–H and O–H groups in total. The fourth-order valence-electron chi connectivity index (χ4n) is 4.60. The van der Waals surface area contributed by atoms with E-state index in [1.54, 1.807) is 31.5 Å². The molecule has 41 heavy (non-hydrogen) atoms. The molecule has 0 saturated carbocycles. The third kappa shape index (κ3) is 6.89. The molecular formula is C30H29N5O5S. The van der Waals surface area contributed by atoms with Crippen LogP contribution in [0.25, 0.3) is 0 Å². The Labute approximate surface area is 240 Å². The highest BCUT2D eigenvalue weighted by Gasteiger charge is 2.22. The number of fused-ring (bicyclic) bond motifs is 1. The molecule has 0 spiro atoms. The third-order valence-electron chi connectivity index (χ3n) is 6.65. The van der Waals surface area contributed by atoms with Gasteiger partial charge in [-0.3, -0.25) is 9.59 Å². The first kappa shape index (κ1) is 27.8. The molecule has 2 amide bonds. The molecule has 0 atom stereocenters. The highest BCUT2D eigenvalue weighted by Crippen LogP contribution is 2.29. The van der Waals surface area contributed by atoms with Crippen LogP contribution in [0.4, 0.5) is 22.2 Å². The maximum atomic E-state index is 13.2. The molecule has 0 fully saturated rings. The fourth-order valence-corrected chi connectivity index (χ4v) is 5.38. The first-order valence-electron chi connectivity index (χ1n) is 13.0. The average Bonchev–Trinajstić information content (AvgIpc) is 3.61. The third-order valence-corrected chi connectivity index (χ3v) is 7.58. The molecule has 1 heterocycles. The first-order chi connectivity index (χ1) is 19.9. The van der Waals surface area contributed by atoms with Crippen LogP contribution in [0.3, 0.4) is 0 Å². The van der Waals surface area contributed by atoms with Crippen LogP contribution in [-0.2, 0) is 17.6 Å². The van der Waals surface area contributed by atoms with Gasteiger partial charge in [-0.2, -0.15) is 0 Å². The van der Waals surface area contributed by atoms with Crippen molar-refractivity contribution >= 4 is 51.3 Å². The normalized spacial score (nSPS) is 12.4. The fraction of sp³-hybridized carbons (Fsp3) is 0.200. The van der Waals surface area contributed by atoms with E-state index in [1.807, 2.05) is 12.1 Å². The molecule has 0 unspecified atom stereocenters. The molecule has 0 aliphatic heterocycles. The summed E-state index contributed by atoms with van der Waals surface area (Å²) in [6.45, 7) is 0.954. The number of ether oxygens (including phenoxy) is 1. The minimum atomic E-state index is -1.05. The van der Waals surface area contributed by atoms with Gasteiger partial charge < -0.3 is 31.1 Å². The van der Waals surface area contributed by atoms with Crippen LogP contribution in [0.5, 0.6) is 0 Å². The van der Waals surface area contributed by atoms with Crippen LogP contribution < -0.4 is 21.3 Å². The standard InChI is InChI=1S/C30H29N5O5S/c1-40-13-12-31-24-11-8-21(27(36)33-22-9-6-18(7-10-22)29(38)39)16-25(24)35-28(37)26-17-32-30(41-26)34-23-14-19-4-2-3-5-20(19)15-23/h2-11,16-17,23,31H,12-15H2,1H3,(H,32,34)(H,33,36)(H,35,37)(H,38,39). The topological polar surface area (TPSA) is 142 Å². The van der Waals surface area contributed by atoms with Crippen molar-refractivity contribution in [1.82, 2.24) is 4.98 Å². The monoisotopic (exact) mass is 571 g/mol. The Morgan fingerprint density at radius 2 is 1.63 bits per heavy atom. The predicted molar refractivity (Wildman–Crippen MR) is 159 cm³/mol. The number of rotatable bonds is 11. The molecule has 5 rings (SSSR count). The number of carboxylic acids is 1. The highest BCUT2D eigenvalue weighted by molar-refractivity contribution is 7.17. The summed E-state index contributed by atoms with van der Waals surface area (Å²) in [5, 5.41) is 22.1. The molecule has 210 valence electrons. The molecule has 0 bridgehead atoms. The van der Waals surface area contributed by atoms with E-state index in [0.29, 0.717) is 45.8 Å². The summed E-state index contributed by atoms with van der Waals surface area (Å²) >= 11 is 1.27. The van der Waals surface area contributed by atoms with Crippen LogP contribution >= 0.6 is 11.3 Å².